The standard InChI is InChI=1S/C7H13N2O/c1-4-9(2,3)7-5-6-10-8-7/h5-6H,4H2,1-3H3/q+1. The summed E-state index contributed by atoms with van der Waals surface area (Å²) in [4.78, 5) is 0. The van der Waals surface area contributed by atoms with Crippen molar-refractivity contribution in [1.29, 1.82) is 0 Å². The normalized spacial score (nSPS) is 11.9. The molecule has 1 heterocycles. The Morgan fingerprint density at radius 2 is 2.30 bits per heavy atom. The van der Waals surface area contributed by atoms with Crippen molar-refractivity contribution in [3.63, 3.8) is 0 Å². The maximum atomic E-state index is 4.74. The second-order valence-corrected chi connectivity index (χ2v) is 2.86. The van der Waals surface area contributed by atoms with E-state index < -0.39 is 0 Å². The van der Waals surface area contributed by atoms with E-state index in [1.54, 1.807) is 6.26 Å². The first kappa shape index (κ1) is 7.28. The minimum atomic E-state index is 0.774. The van der Waals surface area contributed by atoms with Crippen LogP contribution in [0.15, 0.2) is 16.9 Å². The molecule has 0 N–H and O–H groups in total. The second-order valence-electron chi connectivity index (χ2n) is 2.86. The van der Waals surface area contributed by atoms with Gasteiger partial charge in [0.2, 0.25) is 0 Å². The van der Waals surface area contributed by atoms with E-state index in [0.717, 1.165) is 16.8 Å². The summed E-state index contributed by atoms with van der Waals surface area (Å²) >= 11 is 0. The van der Waals surface area contributed by atoms with Crippen LogP contribution in [0.2, 0.25) is 0 Å². The highest BCUT2D eigenvalue weighted by Gasteiger charge is 2.18. The number of rotatable bonds is 2. The summed E-state index contributed by atoms with van der Waals surface area (Å²) in [5.41, 5.74) is 0. The van der Waals surface area contributed by atoms with E-state index in [2.05, 4.69) is 26.2 Å². The number of nitrogens with zero attached hydrogens (tertiary/aromatic N) is 2. The smallest absolute Gasteiger partial charge is 0.265 e. The quantitative estimate of drug-likeness (QED) is 0.579. The topological polar surface area (TPSA) is 26.0 Å². The predicted molar refractivity (Wildman–Crippen MR) is 40.7 cm³/mol. The molecule has 1 aromatic heterocycles. The molecule has 0 saturated carbocycles. The predicted octanol–water partition coefficient (Wildman–Crippen LogP) is 1.26. The minimum absolute atomic E-state index is 0.774. The zero-order valence-electron chi connectivity index (χ0n) is 6.66. The van der Waals surface area contributed by atoms with Crippen molar-refractivity contribution in [2.75, 3.05) is 20.6 Å². The Kier molecular flexibility index (Phi) is 1.76. The third kappa shape index (κ3) is 1.19. The molecule has 0 aliphatic rings. The lowest BCUT2D eigenvalue weighted by Crippen LogP contribution is -2.40. The van der Waals surface area contributed by atoms with Crippen LogP contribution in [0.25, 0.3) is 0 Å². The van der Waals surface area contributed by atoms with Gasteiger partial charge < -0.3 is 4.52 Å². The fourth-order valence-corrected chi connectivity index (χ4v) is 0.680. The van der Waals surface area contributed by atoms with E-state index in [1.807, 2.05) is 6.07 Å². The second kappa shape index (κ2) is 2.42. The highest BCUT2D eigenvalue weighted by atomic mass is 16.5. The molecule has 10 heavy (non-hydrogen) atoms. The molecule has 0 amide bonds. The molecule has 0 aliphatic heterocycles. The number of hydrogen-bond acceptors (Lipinski definition) is 2. The van der Waals surface area contributed by atoms with Gasteiger partial charge in [-0.15, -0.1) is 0 Å². The van der Waals surface area contributed by atoms with Crippen LogP contribution in [0.1, 0.15) is 6.92 Å². The van der Waals surface area contributed by atoms with Gasteiger partial charge in [0.05, 0.1) is 26.7 Å². The van der Waals surface area contributed by atoms with E-state index in [1.165, 1.54) is 0 Å². The van der Waals surface area contributed by atoms with Gasteiger partial charge in [-0.05, 0) is 12.1 Å². The third-order valence-corrected chi connectivity index (χ3v) is 1.83. The van der Waals surface area contributed by atoms with Crippen molar-refractivity contribution in [3.05, 3.63) is 12.3 Å². The molecule has 0 spiro atoms. The molecule has 0 aromatic carbocycles. The van der Waals surface area contributed by atoms with E-state index in [-0.39, 0.29) is 0 Å². The first-order valence-electron chi connectivity index (χ1n) is 3.41. The van der Waals surface area contributed by atoms with Gasteiger partial charge in [0.15, 0.2) is 0 Å². The van der Waals surface area contributed by atoms with E-state index in [9.17, 15) is 0 Å². The maximum absolute atomic E-state index is 4.74. The van der Waals surface area contributed by atoms with Gasteiger partial charge in [0.25, 0.3) is 5.82 Å². The zero-order valence-corrected chi connectivity index (χ0v) is 6.66. The van der Waals surface area contributed by atoms with Gasteiger partial charge in [0.1, 0.15) is 6.26 Å². The largest absolute Gasteiger partial charge is 0.359 e. The molecule has 0 atom stereocenters. The van der Waals surface area contributed by atoms with E-state index in [0.29, 0.717) is 0 Å². The molecule has 56 valence electrons. The Balaban J connectivity index is 2.85. The van der Waals surface area contributed by atoms with Crippen molar-refractivity contribution in [2.45, 2.75) is 6.92 Å². The van der Waals surface area contributed by atoms with Crippen LogP contribution in [-0.2, 0) is 0 Å². The minimum Gasteiger partial charge on any atom is -0.359 e. The molecule has 0 radical (unpaired) electrons. The molecule has 0 bridgehead atoms. The van der Waals surface area contributed by atoms with Crippen LogP contribution in [-0.4, -0.2) is 25.8 Å². The Morgan fingerprint density at radius 1 is 1.60 bits per heavy atom. The lowest BCUT2D eigenvalue weighted by molar-refractivity contribution is 0.359. The molecule has 1 aromatic rings. The van der Waals surface area contributed by atoms with Gasteiger partial charge in [-0.3, -0.25) is 4.48 Å². The summed E-state index contributed by atoms with van der Waals surface area (Å²) in [6, 6.07) is 1.89. The summed E-state index contributed by atoms with van der Waals surface area (Å²) in [6.07, 6.45) is 1.60. The average Bonchev–Trinajstić information content (AvgIpc) is 2.38. The molecule has 1 rings (SSSR count). The summed E-state index contributed by atoms with van der Waals surface area (Å²) in [6.45, 7) is 3.14. The Hall–Kier alpha value is -0.830. The van der Waals surface area contributed by atoms with Gasteiger partial charge >= 0.3 is 0 Å². The zero-order chi connectivity index (χ0) is 7.61. The summed E-state index contributed by atoms with van der Waals surface area (Å²) < 4.78 is 5.51. The van der Waals surface area contributed by atoms with Gasteiger partial charge in [-0.1, -0.05) is 0 Å². The molecule has 0 aliphatic carbocycles. The molecular formula is C7H13N2O+. The molecule has 0 saturated heterocycles. The van der Waals surface area contributed by atoms with Crippen LogP contribution in [0.5, 0.6) is 0 Å². The van der Waals surface area contributed by atoms with E-state index in [4.69, 9.17) is 4.52 Å². The van der Waals surface area contributed by atoms with Crippen LogP contribution in [0.3, 0.4) is 0 Å². The highest BCUT2D eigenvalue weighted by molar-refractivity contribution is 5.28. The summed E-state index contributed by atoms with van der Waals surface area (Å²) in [5, 5.41) is 3.86. The third-order valence-electron chi connectivity index (χ3n) is 1.83. The van der Waals surface area contributed by atoms with E-state index >= 15 is 0 Å². The Morgan fingerprint density at radius 3 is 2.70 bits per heavy atom. The van der Waals surface area contributed by atoms with Gasteiger partial charge in [-0.25, -0.2) is 0 Å². The number of quaternary nitrogens is 1. The Labute approximate surface area is 60.8 Å². The van der Waals surface area contributed by atoms with Crippen molar-refractivity contribution < 1.29 is 4.52 Å². The molecular weight excluding hydrogens is 128 g/mol. The fraction of sp³-hybridized carbons (Fsp3) is 0.571. The van der Waals surface area contributed by atoms with Gasteiger partial charge in [-0.2, -0.15) is 0 Å². The van der Waals surface area contributed by atoms with Crippen LogP contribution in [0.4, 0.5) is 5.82 Å². The van der Waals surface area contributed by atoms with Crippen LogP contribution in [0, 0.1) is 0 Å². The van der Waals surface area contributed by atoms with Crippen molar-refractivity contribution in [2.24, 2.45) is 0 Å². The first-order chi connectivity index (χ1) is 4.67. The lowest BCUT2D eigenvalue weighted by atomic mass is 10.4. The molecule has 3 heteroatoms. The first-order valence-corrected chi connectivity index (χ1v) is 3.41. The number of aromatic nitrogens is 1. The fourth-order valence-electron chi connectivity index (χ4n) is 0.680. The molecule has 0 unspecified atom stereocenters. The Bertz CT molecular complexity index is 191. The van der Waals surface area contributed by atoms with Crippen LogP contribution >= 0.6 is 0 Å². The lowest BCUT2D eigenvalue weighted by Gasteiger charge is -2.23. The van der Waals surface area contributed by atoms with Gasteiger partial charge in [0, 0.05) is 0 Å². The summed E-state index contributed by atoms with van der Waals surface area (Å²) in [5.74, 6) is 0.975. The summed E-state index contributed by atoms with van der Waals surface area (Å²) in [7, 11) is 4.19. The van der Waals surface area contributed by atoms with Crippen LogP contribution < -0.4 is 4.48 Å². The SMILES string of the molecule is CC[N+](C)(C)c1ccon1. The highest BCUT2D eigenvalue weighted by Crippen LogP contribution is 2.13. The average molecular weight is 141 g/mol. The van der Waals surface area contributed by atoms with Crippen molar-refractivity contribution >= 4 is 5.82 Å². The maximum Gasteiger partial charge on any atom is 0.265 e. The van der Waals surface area contributed by atoms with Crippen molar-refractivity contribution in [3.8, 4) is 0 Å². The molecule has 0 fully saturated rings. The monoisotopic (exact) mass is 141 g/mol. The van der Waals surface area contributed by atoms with Crippen molar-refractivity contribution in [1.82, 2.24) is 9.64 Å². The molecule has 3 nitrogen and oxygen atoms in total. The number of hydrogen-bond donors (Lipinski definition) is 0.